The van der Waals surface area contributed by atoms with Crippen LogP contribution in [0.4, 0.5) is 11.4 Å². The molecule has 1 heterocycles. The first kappa shape index (κ1) is 15.5. The summed E-state index contributed by atoms with van der Waals surface area (Å²) in [6.45, 7) is 4.90. The van der Waals surface area contributed by atoms with Crippen molar-refractivity contribution in [3.8, 4) is 0 Å². The van der Waals surface area contributed by atoms with Crippen molar-refractivity contribution < 1.29 is 4.79 Å². The number of benzene rings is 1. The second kappa shape index (κ2) is 7.22. The summed E-state index contributed by atoms with van der Waals surface area (Å²) in [6.07, 6.45) is 2.52. The molecule has 2 rings (SSSR count). The number of aryl methyl sites for hydroxylation is 1. The fourth-order valence-electron chi connectivity index (χ4n) is 2.00. The zero-order valence-corrected chi connectivity index (χ0v) is 13.7. The molecule has 2 aromatic rings. The van der Waals surface area contributed by atoms with E-state index in [1.807, 2.05) is 31.2 Å². The summed E-state index contributed by atoms with van der Waals surface area (Å²) in [5.74, 6) is -0.199. The molecule has 0 fully saturated rings. The van der Waals surface area contributed by atoms with E-state index in [-0.39, 0.29) is 5.91 Å². The Hall–Kier alpha value is -1.88. The van der Waals surface area contributed by atoms with Gasteiger partial charge in [0.05, 0.1) is 11.9 Å². The molecule has 2 N–H and O–H groups in total. The predicted octanol–water partition coefficient (Wildman–Crippen LogP) is 4.09. The molecule has 0 saturated heterocycles. The lowest BCUT2D eigenvalue weighted by atomic mass is 10.1. The SMILES string of the molecule is CCNc1ccc(C(=O)Nc2ccc(Br)cc2CC)nc1. The smallest absolute Gasteiger partial charge is 0.274 e. The molecular weight excluding hydrogens is 330 g/mol. The summed E-state index contributed by atoms with van der Waals surface area (Å²) in [5, 5.41) is 6.06. The van der Waals surface area contributed by atoms with Crippen molar-refractivity contribution in [2.45, 2.75) is 20.3 Å². The van der Waals surface area contributed by atoms with Gasteiger partial charge in [0, 0.05) is 16.7 Å². The number of halogens is 1. The van der Waals surface area contributed by atoms with Crippen LogP contribution in [0.15, 0.2) is 41.0 Å². The van der Waals surface area contributed by atoms with Crippen LogP contribution in [0.1, 0.15) is 29.9 Å². The van der Waals surface area contributed by atoms with Gasteiger partial charge in [-0.2, -0.15) is 0 Å². The number of carbonyl (C=O) groups is 1. The fraction of sp³-hybridized carbons (Fsp3) is 0.250. The average Bonchev–Trinajstić information content (AvgIpc) is 2.50. The van der Waals surface area contributed by atoms with E-state index in [9.17, 15) is 4.79 Å². The molecule has 1 amide bonds. The maximum Gasteiger partial charge on any atom is 0.274 e. The normalized spacial score (nSPS) is 10.2. The molecule has 0 aliphatic carbocycles. The van der Waals surface area contributed by atoms with E-state index in [0.29, 0.717) is 5.69 Å². The maximum atomic E-state index is 12.2. The number of pyridine rings is 1. The van der Waals surface area contributed by atoms with E-state index in [1.54, 1.807) is 12.3 Å². The van der Waals surface area contributed by atoms with Crippen molar-refractivity contribution in [2.75, 3.05) is 17.2 Å². The zero-order valence-electron chi connectivity index (χ0n) is 12.1. The van der Waals surface area contributed by atoms with Crippen molar-refractivity contribution >= 4 is 33.2 Å². The van der Waals surface area contributed by atoms with Crippen molar-refractivity contribution in [3.05, 3.63) is 52.3 Å². The molecule has 0 radical (unpaired) electrons. The number of hydrogen-bond acceptors (Lipinski definition) is 3. The lowest BCUT2D eigenvalue weighted by Crippen LogP contribution is -2.15. The minimum absolute atomic E-state index is 0.199. The molecule has 0 saturated carbocycles. The van der Waals surface area contributed by atoms with Crippen LogP contribution < -0.4 is 10.6 Å². The first-order valence-corrected chi connectivity index (χ1v) is 7.73. The molecule has 0 atom stereocenters. The first-order chi connectivity index (χ1) is 10.1. The van der Waals surface area contributed by atoms with Crippen LogP contribution in [0.5, 0.6) is 0 Å². The number of rotatable bonds is 5. The fourth-order valence-corrected chi connectivity index (χ4v) is 2.41. The highest BCUT2D eigenvalue weighted by Gasteiger charge is 2.10. The molecule has 21 heavy (non-hydrogen) atoms. The summed E-state index contributed by atoms with van der Waals surface area (Å²) in [5.41, 5.74) is 3.22. The molecule has 0 unspecified atom stereocenters. The Kier molecular flexibility index (Phi) is 5.33. The van der Waals surface area contributed by atoms with Crippen molar-refractivity contribution in [2.24, 2.45) is 0 Å². The quantitative estimate of drug-likeness (QED) is 0.856. The van der Waals surface area contributed by atoms with E-state index < -0.39 is 0 Å². The number of nitrogens with zero attached hydrogens (tertiary/aromatic N) is 1. The van der Waals surface area contributed by atoms with Gasteiger partial charge in [-0.05, 0) is 49.2 Å². The minimum atomic E-state index is -0.199. The summed E-state index contributed by atoms with van der Waals surface area (Å²) in [6, 6.07) is 9.40. The molecule has 0 aliphatic rings. The van der Waals surface area contributed by atoms with Gasteiger partial charge >= 0.3 is 0 Å². The van der Waals surface area contributed by atoms with E-state index in [1.165, 1.54) is 0 Å². The van der Waals surface area contributed by atoms with Crippen molar-refractivity contribution in [1.82, 2.24) is 4.98 Å². The molecule has 1 aromatic heterocycles. The Bertz CT molecular complexity index is 626. The number of amides is 1. The zero-order chi connectivity index (χ0) is 15.2. The summed E-state index contributed by atoms with van der Waals surface area (Å²) in [7, 11) is 0. The maximum absolute atomic E-state index is 12.2. The largest absolute Gasteiger partial charge is 0.384 e. The predicted molar refractivity (Wildman–Crippen MR) is 89.9 cm³/mol. The van der Waals surface area contributed by atoms with Gasteiger partial charge in [-0.1, -0.05) is 22.9 Å². The van der Waals surface area contributed by atoms with Gasteiger partial charge in [0.25, 0.3) is 5.91 Å². The number of carbonyl (C=O) groups excluding carboxylic acids is 1. The lowest BCUT2D eigenvalue weighted by Gasteiger charge is -2.10. The number of hydrogen-bond donors (Lipinski definition) is 2. The minimum Gasteiger partial charge on any atom is -0.384 e. The molecule has 110 valence electrons. The van der Waals surface area contributed by atoms with Crippen molar-refractivity contribution in [3.63, 3.8) is 0 Å². The van der Waals surface area contributed by atoms with Crippen molar-refractivity contribution in [1.29, 1.82) is 0 Å². The highest BCUT2D eigenvalue weighted by atomic mass is 79.9. The van der Waals surface area contributed by atoms with Gasteiger partial charge in [-0.3, -0.25) is 4.79 Å². The summed E-state index contributed by atoms with van der Waals surface area (Å²) in [4.78, 5) is 16.4. The second-order valence-corrected chi connectivity index (χ2v) is 5.49. The molecule has 0 spiro atoms. The van der Waals surface area contributed by atoms with E-state index >= 15 is 0 Å². The van der Waals surface area contributed by atoms with E-state index in [4.69, 9.17) is 0 Å². The molecule has 4 nitrogen and oxygen atoms in total. The van der Waals surface area contributed by atoms with Crippen LogP contribution in [-0.4, -0.2) is 17.4 Å². The van der Waals surface area contributed by atoms with Crippen LogP contribution in [0.25, 0.3) is 0 Å². The standard InChI is InChI=1S/C16H18BrN3O/c1-3-11-9-12(17)5-7-14(11)20-16(21)15-8-6-13(10-19-15)18-4-2/h5-10,18H,3-4H2,1-2H3,(H,20,21). The first-order valence-electron chi connectivity index (χ1n) is 6.93. The lowest BCUT2D eigenvalue weighted by molar-refractivity contribution is 0.102. The van der Waals surface area contributed by atoms with Gasteiger partial charge in [-0.15, -0.1) is 0 Å². The van der Waals surface area contributed by atoms with Gasteiger partial charge in [0.2, 0.25) is 0 Å². The third-order valence-corrected chi connectivity index (χ3v) is 3.57. The molecule has 0 aliphatic heterocycles. The highest BCUT2D eigenvalue weighted by molar-refractivity contribution is 9.10. The third kappa shape index (κ3) is 4.04. The number of aromatic nitrogens is 1. The Morgan fingerprint density at radius 1 is 1.24 bits per heavy atom. The summed E-state index contributed by atoms with van der Waals surface area (Å²) < 4.78 is 1.01. The monoisotopic (exact) mass is 347 g/mol. The average molecular weight is 348 g/mol. The number of nitrogens with one attached hydrogen (secondary N) is 2. The Balaban J connectivity index is 2.14. The van der Waals surface area contributed by atoms with Crippen LogP contribution in [0, 0.1) is 0 Å². The van der Waals surface area contributed by atoms with Crippen LogP contribution in [0.2, 0.25) is 0 Å². The molecule has 1 aromatic carbocycles. The Morgan fingerprint density at radius 3 is 2.67 bits per heavy atom. The number of anilines is 2. The van der Waals surface area contributed by atoms with Gasteiger partial charge in [0.1, 0.15) is 5.69 Å². The topological polar surface area (TPSA) is 54.0 Å². The highest BCUT2D eigenvalue weighted by Crippen LogP contribution is 2.22. The summed E-state index contributed by atoms with van der Waals surface area (Å²) >= 11 is 3.44. The van der Waals surface area contributed by atoms with Gasteiger partial charge in [0.15, 0.2) is 0 Å². The van der Waals surface area contributed by atoms with Crippen LogP contribution in [-0.2, 0) is 6.42 Å². The van der Waals surface area contributed by atoms with Crippen LogP contribution >= 0.6 is 15.9 Å². The third-order valence-electron chi connectivity index (χ3n) is 3.07. The van der Waals surface area contributed by atoms with E-state index in [0.717, 1.165) is 34.4 Å². The Labute approximate surface area is 133 Å². The van der Waals surface area contributed by atoms with Gasteiger partial charge in [-0.25, -0.2) is 4.98 Å². The Morgan fingerprint density at radius 2 is 2.05 bits per heavy atom. The second-order valence-electron chi connectivity index (χ2n) is 4.57. The van der Waals surface area contributed by atoms with Gasteiger partial charge < -0.3 is 10.6 Å². The molecule has 5 heteroatoms. The molecule has 0 bridgehead atoms. The van der Waals surface area contributed by atoms with E-state index in [2.05, 4.69) is 38.5 Å². The molecular formula is C16H18BrN3O. The van der Waals surface area contributed by atoms with Crippen LogP contribution in [0.3, 0.4) is 0 Å².